The topological polar surface area (TPSA) is 12.0 Å². The summed E-state index contributed by atoms with van der Waals surface area (Å²) in [5.74, 6) is 0. The van der Waals surface area contributed by atoms with Crippen LogP contribution in [0.2, 0.25) is 0 Å². The van der Waals surface area contributed by atoms with Gasteiger partial charge in [0.15, 0.2) is 0 Å². The predicted molar refractivity (Wildman–Crippen MR) is 93.9 cm³/mol. The Kier molecular flexibility index (Phi) is 3.52. The first-order chi connectivity index (χ1) is 9.33. The zero-order valence-electron chi connectivity index (χ0n) is 15.4. The molecule has 1 aliphatic heterocycles. The lowest BCUT2D eigenvalue weighted by molar-refractivity contribution is -0.0467. The van der Waals surface area contributed by atoms with Gasteiger partial charge in [-0.05, 0) is 27.9 Å². The van der Waals surface area contributed by atoms with E-state index >= 15 is 0 Å². The second-order valence-electron chi connectivity index (χ2n) is 9.55. The van der Waals surface area contributed by atoms with Gasteiger partial charge >= 0.3 is 0 Å². The summed E-state index contributed by atoms with van der Waals surface area (Å²) in [6.45, 7) is 21.6. The van der Waals surface area contributed by atoms with E-state index in [9.17, 15) is 0 Å². The molecule has 1 heteroatoms. The first kappa shape index (κ1) is 16.4. The summed E-state index contributed by atoms with van der Waals surface area (Å²) >= 11 is 0. The van der Waals surface area contributed by atoms with E-state index in [0.29, 0.717) is 6.04 Å². The molecule has 118 valence electrons. The van der Waals surface area contributed by atoms with Crippen LogP contribution in [0.3, 0.4) is 0 Å². The van der Waals surface area contributed by atoms with Gasteiger partial charge in [-0.1, -0.05) is 80.5 Å². The van der Waals surface area contributed by atoms with Crippen molar-refractivity contribution in [1.82, 2.24) is 0 Å². The van der Waals surface area contributed by atoms with Crippen LogP contribution >= 0.6 is 0 Å². The smallest absolute Gasteiger partial charge is 0.0417 e. The van der Waals surface area contributed by atoms with Crippen LogP contribution in [0.1, 0.15) is 67.9 Å². The highest BCUT2D eigenvalue weighted by Gasteiger charge is 2.58. The van der Waals surface area contributed by atoms with Gasteiger partial charge in [-0.15, -0.1) is 0 Å². The third-order valence-electron chi connectivity index (χ3n) is 6.34. The lowest BCUT2D eigenvalue weighted by Gasteiger charge is -2.58. The summed E-state index contributed by atoms with van der Waals surface area (Å²) in [7, 11) is 0. The number of fused-ring (bicyclic) bond motifs is 1. The number of hydrogen-bond acceptors (Lipinski definition) is 1. The van der Waals surface area contributed by atoms with Crippen LogP contribution in [0, 0.1) is 16.2 Å². The highest BCUT2D eigenvalue weighted by atomic mass is 15.0. The fraction of sp³-hybridized carbons (Fsp3) is 0.700. The molecule has 1 aromatic carbocycles. The van der Waals surface area contributed by atoms with Crippen molar-refractivity contribution in [3.63, 3.8) is 0 Å². The van der Waals surface area contributed by atoms with Crippen molar-refractivity contribution in [3.05, 3.63) is 29.8 Å². The van der Waals surface area contributed by atoms with Crippen molar-refractivity contribution < 1.29 is 0 Å². The number of anilines is 1. The third-order valence-corrected chi connectivity index (χ3v) is 6.34. The van der Waals surface area contributed by atoms with Crippen molar-refractivity contribution in [2.75, 3.05) is 5.32 Å². The van der Waals surface area contributed by atoms with Crippen molar-refractivity contribution in [2.24, 2.45) is 16.2 Å². The van der Waals surface area contributed by atoms with E-state index < -0.39 is 0 Å². The summed E-state index contributed by atoms with van der Waals surface area (Å²) in [5, 5.41) is 3.88. The number of benzene rings is 1. The zero-order valence-corrected chi connectivity index (χ0v) is 15.4. The van der Waals surface area contributed by atoms with E-state index in [-0.39, 0.29) is 21.7 Å². The Labute approximate surface area is 131 Å². The van der Waals surface area contributed by atoms with Crippen LogP contribution in [-0.2, 0) is 5.41 Å². The molecule has 0 spiro atoms. The monoisotopic (exact) mass is 287 g/mol. The lowest BCUT2D eigenvalue weighted by atomic mass is 9.48. The molecule has 1 nitrogen and oxygen atoms in total. The fourth-order valence-electron chi connectivity index (χ4n) is 4.52. The molecule has 1 atom stereocenters. The Hall–Kier alpha value is -0.980. The number of rotatable bonds is 1. The molecule has 0 fully saturated rings. The molecular weight excluding hydrogens is 254 g/mol. The predicted octanol–water partition coefficient (Wildman–Crippen LogP) is 5.86. The maximum atomic E-state index is 3.88. The van der Waals surface area contributed by atoms with Gasteiger partial charge < -0.3 is 5.32 Å². The average Bonchev–Trinajstić information content (AvgIpc) is 2.58. The second kappa shape index (κ2) is 4.51. The fourth-order valence-corrected chi connectivity index (χ4v) is 4.52. The summed E-state index contributed by atoms with van der Waals surface area (Å²) in [5.41, 5.74) is 3.47. The van der Waals surface area contributed by atoms with E-state index in [1.54, 1.807) is 0 Å². The SMILES string of the molecule is CC1(C)c2ccccc2NC1C(C)(C(C)(C)C)C(C)(C)C. The number of nitrogens with one attached hydrogen (secondary N) is 1. The van der Waals surface area contributed by atoms with Gasteiger partial charge in [0, 0.05) is 17.1 Å². The Morgan fingerprint density at radius 2 is 1.33 bits per heavy atom. The quantitative estimate of drug-likeness (QED) is 0.682. The summed E-state index contributed by atoms with van der Waals surface area (Å²) in [4.78, 5) is 0. The molecule has 2 rings (SSSR count). The van der Waals surface area contributed by atoms with Crippen LogP contribution in [0.25, 0.3) is 0 Å². The Morgan fingerprint density at radius 1 is 0.857 bits per heavy atom. The zero-order chi connectivity index (χ0) is 16.3. The first-order valence-corrected chi connectivity index (χ1v) is 8.19. The molecule has 0 saturated heterocycles. The van der Waals surface area contributed by atoms with E-state index in [4.69, 9.17) is 0 Å². The number of para-hydroxylation sites is 1. The van der Waals surface area contributed by atoms with Crippen LogP contribution < -0.4 is 5.32 Å². The van der Waals surface area contributed by atoms with Gasteiger partial charge in [-0.2, -0.15) is 0 Å². The van der Waals surface area contributed by atoms with E-state index in [0.717, 1.165) is 0 Å². The number of hydrogen-bond donors (Lipinski definition) is 1. The molecule has 0 radical (unpaired) electrons. The minimum absolute atomic E-state index is 0.131. The maximum absolute atomic E-state index is 3.88. The van der Waals surface area contributed by atoms with Crippen LogP contribution in [0.15, 0.2) is 24.3 Å². The normalized spacial score (nSPS) is 21.9. The Morgan fingerprint density at radius 3 is 1.76 bits per heavy atom. The van der Waals surface area contributed by atoms with Crippen molar-refractivity contribution in [2.45, 2.75) is 73.8 Å². The van der Waals surface area contributed by atoms with Crippen LogP contribution in [0.4, 0.5) is 5.69 Å². The highest BCUT2D eigenvalue weighted by molar-refractivity contribution is 5.62. The molecule has 0 saturated carbocycles. The third kappa shape index (κ3) is 2.20. The van der Waals surface area contributed by atoms with Gasteiger partial charge in [0.25, 0.3) is 0 Å². The molecule has 0 aliphatic carbocycles. The molecule has 1 aromatic rings. The average molecular weight is 287 g/mol. The van der Waals surface area contributed by atoms with E-state index in [2.05, 4.69) is 91.9 Å². The maximum Gasteiger partial charge on any atom is 0.0417 e. The standard InChI is InChI=1S/C20H33N/c1-17(2,3)20(9,18(4,5)6)16-19(7,8)14-12-10-11-13-15(14)21-16/h10-13,16,21H,1-9H3. The molecule has 1 N–H and O–H groups in total. The molecule has 0 amide bonds. The molecular formula is C20H33N. The van der Waals surface area contributed by atoms with Gasteiger partial charge in [-0.25, -0.2) is 0 Å². The lowest BCUT2D eigenvalue weighted by Crippen LogP contribution is -2.59. The first-order valence-electron chi connectivity index (χ1n) is 8.19. The van der Waals surface area contributed by atoms with Gasteiger partial charge in [-0.3, -0.25) is 0 Å². The molecule has 1 aliphatic rings. The largest absolute Gasteiger partial charge is 0.381 e. The Balaban J connectivity index is 2.61. The second-order valence-corrected chi connectivity index (χ2v) is 9.55. The minimum Gasteiger partial charge on any atom is -0.381 e. The van der Waals surface area contributed by atoms with Crippen molar-refractivity contribution >= 4 is 5.69 Å². The van der Waals surface area contributed by atoms with Gasteiger partial charge in [0.05, 0.1) is 0 Å². The molecule has 1 heterocycles. The van der Waals surface area contributed by atoms with Crippen LogP contribution in [0.5, 0.6) is 0 Å². The Bertz CT molecular complexity index is 512. The summed E-state index contributed by atoms with van der Waals surface area (Å²) in [6.07, 6.45) is 0. The summed E-state index contributed by atoms with van der Waals surface area (Å²) < 4.78 is 0. The summed E-state index contributed by atoms with van der Waals surface area (Å²) in [6, 6.07) is 9.23. The molecule has 0 aromatic heterocycles. The van der Waals surface area contributed by atoms with Crippen molar-refractivity contribution in [1.29, 1.82) is 0 Å². The van der Waals surface area contributed by atoms with E-state index in [1.165, 1.54) is 11.3 Å². The van der Waals surface area contributed by atoms with Crippen molar-refractivity contribution in [3.8, 4) is 0 Å². The molecule has 1 unspecified atom stereocenters. The highest BCUT2D eigenvalue weighted by Crippen LogP contribution is 2.60. The van der Waals surface area contributed by atoms with Gasteiger partial charge in [0.2, 0.25) is 0 Å². The van der Waals surface area contributed by atoms with E-state index in [1.807, 2.05) is 0 Å². The van der Waals surface area contributed by atoms with Crippen LogP contribution in [-0.4, -0.2) is 6.04 Å². The minimum atomic E-state index is 0.131. The van der Waals surface area contributed by atoms with Gasteiger partial charge in [0.1, 0.15) is 0 Å². The molecule has 0 bridgehead atoms. The molecule has 21 heavy (non-hydrogen) atoms.